The number of benzene rings is 2. The molecule has 0 spiro atoms. The van der Waals surface area contributed by atoms with Crippen molar-refractivity contribution in [2.45, 2.75) is 0 Å². The Kier molecular flexibility index (Phi) is 5.02. The summed E-state index contributed by atoms with van der Waals surface area (Å²) in [6, 6.07) is 8.66. The first kappa shape index (κ1) is 16.6. The van der Waals surface area contributed by atoms with Gasteiger partial charge in [0.25, 0.3) is 11.6 Å². The van der Waals surface area contributed by atoms with E-state index in [2.05, 4.69) is 5.32 Å². The summed E-state index contributed by atoms with van der Waals surface area (Å²) < 4.78 is 10.3. The molecule has 0 unspecified atom stereocenters. The number of amides is 1. The lowest BCUT2D eigenvalue weighted by Gasteiger charge is -2.13. The van der Waals surface area contributed by atoms with Crippen LogP contribution in [0.3, 0.4) is 0 Å². The smallest absolute Gasteiger partial charge is 0.271 e. The molecule has 0 saturated heterocycles. The van der Waals surface area contributed by atoms with Crippen molar-refractivity contribution in [3.05, 3.63) is 57.1 Å². The molecule has 0 bridgehead atoms. The maximum absolute atomic E-state index is 12.5. The topological polar surface area (TPSA) is 90.7 Å². The van der Waals surface area contributed by atoms with Crippen LogP contribution in [0.2, 0.25) is 5.02 Å². The van der Waals surface area contributed by atoms with Crippen LogP contribution in [0.1, 0.15) is 10.4 Å². The van der Waals surface area contributed by atoms with Crippen molar-refractivity contribution in [1.82, 2.24) is 0 Å². The van der Waals surface area contributed by atoms with Gasteiger partial charge in [0.1, 0.15) is 17.1 Å². The Morgan fingerprint density at radius 3 is 2.30 bits per heavy atom. The highest BCUT2D eigenvalue weighted by molar-refractivity contribution is 6.34. The first-order chi connectivity index (χ1) is 11.0. The molecular weight excluding hydrogens is 324 g/mol. The van der Waals surface area contributed by atoms with Crippen LogP contribution in [0.4, 0.5) is 11.4 Å². The van der Waals surface area contributed by atoms with Gasteiger partial charge in [-0.15, -0.1) is 0 Å². The molecule has 1 N–H and O–H groups in total. The Balaban J connectivity index is 2.40. The molecule has 0 saturated carbocycles. The maximum atomic E-state index is 12.5. The average Bonchev–Trinajstić information content (AvgIpc) is 2.55. The summed E-state index contributed by atoms with van der Waals surface area (Å²) in [5, 5.41) is 13.5. The highest BCUT2D eigenvalue weighted by Crippen LogP contribution is 2.31. The third kappa shape index (κ3) is 3.51. The fraction of sp³-hybridized carbons (Fsp3) is 0.133. The molecule has 0 radical (unpaired) electrons. The van der Waals surface area contributed by atoms with Crippen LogP contribution in [-0.2, 0) is 0 Å². The van der Waals surface area contributed by atoms with E-state index in [9.17, 15) is 14.9 Å². The number of rotatable bonds is 5. The van der Waals surface area contributed by atoms with Crippen molar-refractivity contribution < 1.29 is 19.2 Å². The predicted octanol–water partition coefficient (Wildman–Crippen LogP) is 3.52. The van der Waals surface area contributed by atoms with Gasteiger partial charge in [-0.3, -0.25) is 14.9 Å². The van der Waals surface area contributed by atoms with Gasteiger partial charge in [0, 0.05) is 12.1 Å². The van der Waals surface area contributed by atoms with Crippen molar-refractivity contribution in [1.29, 1.82) is 0 Å². The molecule has 0 aliphatic heterocycles. The van der Waals surface area contributed by atoms with Crippen LogP contribution in [0.15, 0.2) is 36.4 Å². The number of anilines is 1. The van der Waals surface area contributed by atoms with Crippen LogP contribution >= 0.6 is 11.6 Å². The quantitative estimate of drug-likeness (QED) is 0.666. The first-order valence-corrected chi connectivity index (χ1v) is 6.82. The number of hydrogen-bond donors (Lipinski definition) is 1. The Labute approximate surface area is 136 Å². The largest absolute Gasteiger partial charge is 0.496 e. The zero-order valence-corrected chi connectivity index (χ0v) is 13.1. The number of hydrogen-bond acceptors (Lipinski definition) is 5. The molecule has 120 valence electrons. The fourth-order valence-corrected chi connectivity index (χ4v) is 2.15. The van der Waals surface area contributed by atoms with Crippen molar-refractivity contribution >= 4 is 28.9 Å². The Morgan fingerprint density at radius 2 is 1.78 bits per heavy atom. The van der Waals surface area contributed by atoms with Gasteiger partial charge < -0.3 is 14.8 Å². The molecule has 0 heterocycles. The zero-order valence-electron chi connectivity index (χ0n) is 12.3. The number of carbonyl (C=O) groups is 1. The Hall–Kier alpha value is -2.80. The monoisotopic (exact) mass is 336 g/mol. The van der Waals surface area contributed by atoms with E-state index in [0.717, 1.165) is 0 Å². The minimum absolute atomic E-state index is 0.124. The van der Waals surface area contributed by atoms with E-state index >= 15 is 0 Å². The lowest BCUT2D eigenvalue weighted by molar-refractivity contribution is -0.384. The second-order valence-electron chi connectivity index (χ2n) is 4.41. The van der Waals surface area contributed by atoms with Gasteiger partial charge in [0.05, 0.1) is 29.9 Å². The fourth-order valence-electron chi connectivity index (χ4n) is 1.98. The summed E-state index contributed by atoms with van der Waals surface area (Å²) in [6.07, 6.45) is 0. The molecular formula is C15H13ClN2O5. The van der Waals surface area contributed by atoms with Crippen molar-refractivity contribution in [3.63, 3.8) is 0 Å². The molecule has 2 rings (SSSR count). The molecule has 0 aliphatic carbocycles. The summed E-state index contributed by atoms with van der Waals surface area (Å²) in [6.45, 7) is 0. The number of nitrogens with one attached hydrogen (secondary N) is 1. The van der Waals surface area contributed by atoms with Crippen molar-refractivity contribution in [2.75, 3.05) is 19.5 Å². The molecule has 7 nitrogen and oxygen atoms in total. The molecule has 23 heavy (non-hydrogen) atoms. The molecule has 1 amide bonds. The Morgan fingerprint density at radius 1 is 1.17 bits per heavy atom. The molecule has 8 heteroatoms. The summed E-state index contributed by atoms with van der Waals surface area (Å²) in [5.74, 6) is 0.0634. The third-order valence-electron chi connectivity index (χ3n) is 3.06. The minimum atomic E-state index is -0.574. The van der Waals surface area contributed by atoms with Gasteiger partial charge in [-0.05, 0) is 18.2 Å². The van der Waals surface area contributed by atoms with E-state index in [1.54, 1.807) is 18.2 Å². The van der Waals surface area contributed by atoms with E-state index in [1.165, 1.54) is 32.4 Å². The second-order valence-corrected chi connectivity index (χ2v) is 4.82. The first-order valence-electron chi connectivity index (χ1n) is 6.44. The minimum Gasteiger partial charge on any atom is -0.496 e. The number of nitro groups is 1. The average molecular weight is 337 g/mol. The van der Waals surface area contributed by atoms with Gasteiger partial charge in [-0.2, -0.15) is 0 Å². The normalized spacial score (nSPS) is 10.0. The summed E-state index contributed by atoms with van der Waals surface area (Å²) in [4.78, 5) is 22.8. The molecule has 2 aromatic carbocycles. The van der Waals surface area contributed by atoms with Crippen molar-refractivity contribution in [2.24, 2.45) is 0 Å². The highest BCUT2D eigenvalue weighted by Gasteiger charge is 2.20. The lowest BCUT2D eigenvalue weighted by atomic mass is 10.1. The van der Waals surface area contributed by atoms with Crippen molar-refractivity contribution in [3.8, 4) is 11.5 Å². The van der Waals surface area contributed by atoms with E-state index < -0.39 is 10.8 Å². The van der Waals surface area contributed by atoms with E-state index in [4.69, 9.17) is 21.1 Å². The number of nitro benzene ring substituents is 1. The third-order valence-corrected chi connectivity index (χ3v) is 3.39. The van der Waals surface area contributed by atoms with Crippen LogP contribution in [0.5, 0.6) is 11.5 Å². The second kappa shape index (κ2) is 6.97. The molecule has 2 aromatic rings. The van der Waals surface area contributed by atoms with Gasteiger partial charge in [-0.25, -0.2) is 0 Å². The van der Waals surface area contributed by atoms with Gasteiger partial charge in [0.2, 0.25) is 0 Å². The molecule has 0 fully saturated rings. The van der Waals surface area contributed by atoms with Crippen LogP contribution in [0.25, 0.3) is 0 Å². The number of ether oxygens (including phenoxy) is 2. The summed E-state index contributed by atoms with van der Waals surface area (Å²) >= 11 is 5.98. The number of halogens is 1. The standard InChI is InChI=1S/C15H13ClN2O5/c1-22-12-4-3-5-13(23-2)14(12)15(19)17-11-8-9(18(20)21)6-7-10(11)16/h3-8H,1-2H3,(H,17,19). The Bertz CT molecular complexity index is 741. The van der Waals surface area contributed by atoms with E-state index in [0.29, 0.717) is 11.5 Å². The van der Waals surface area contributed by atoms with Crippen LogP contribution in [0, 0.1) is 10.1 Å². The van der Waals surface area contributed by atoms with Crippen LogP contribution in [-0.4, -0.2) is 25.1 Å². The number of methoxy groups -OCH3 is 2. The van der Waals surface area contributed by atoms with E-state index in [1.807, 2.05) is 0 Å². The number of nitrogens with zero attached hydrogens (tertiary/aromatic N) is 1. The van der Waals surface area contributed by atoms with Gasteiger partial charge in [0.15, 0.2) is 0 Å². The van der Waals surface area contributed by atoms with E-state index in [-0.39, 0.29) is 22.0 Å². The van der Waals surface area contributed by atoms with Crippen LogP contribution < -0.4 is 14.8 Å². The lowest BCUT2D eigenvalue weighted by Crippen LogP contribution is -2.15. The summed E-state index contributed by atoms with van der Waals surface area (Å²) in [7, 11) is 2.85. The highest BCUT2D eigenvalue weighted by atomic mass is 35.5. The zero-order chi connectivity index (χ0) is 17.0. The molecule has 0 aromatic heterocycles. The number of non-ortho nitro benzene ring substituents is 1. The van der Waals surface area contributed by atoms with Gasteiger partial charge >= 0.3 is 0 Å². The maximum Gasteiger partial charge on any atom is 0.271 e. The number of carbonyl (C=O) groups excluding carboxylic acids is 1. The van der Waals surface area contributed by atoms with Gasteiger partial charge in [-0.1, -0.05) is 17.7 Å². The molecule has 0 aliphatic rings. The summed E-state index contributed by atoms with van der Waals surface area (Å²) in [5.41, 5.74) is 0.107. The molecule has 0 atom stereocenters. The predicted molar refractivity (Wildman–Crippen MR) is 85.6 cm³/mol. The SMILES string of the molecule is COc1cccc(OC)c1C(=O)Nc1cc([N+](=O)[O-])ccc1Cl.